The molecule has 0 radical (unpaired) electrons. The lowest BCUT2D eigenvalue weighted by atomic mass is 10.2. The molecule has 1 rings (SSSR count). The Labute approximate surface area is 135 Å². The van der Waals surface area contributed by atoms with Crippen LogP contribution in [0.5, 0.6) is 0 Å². The first kappa shape index (κ1) is 18.2. The number of ether oxygens (including phenoxy) is 1. The summed E-state index contributed by atoms with van der Waals surface area (Å²) in [4.78, 5) is 20.2. The molecule has 0 aliphatic heterocycles. The highest BCUT2D eigenvalue weighted by molar-refractivity contribution is 6.33. The number of amides is 1. The van der Waals surface area contributed by atoms with E-state index in [9.17, 15) is 4.79 Å². The molecular weight excluding hydrogens is 313 g/mol. The molecule has 0 saturated heterocycles. The lowest BCUT2D eigenvalue weighted by Crippen LogP contribution is -2.36. The van der Waals surface area contributed by atoms with Crippen LogP contribution in [-0.4, -0.2) is 68.1 Å². The molecule has 0 spiro atoms. The van der Waals surface area contributed by atoms with Crippen molar-refractivity contribution in [3.05, 3.63) is 28.0 Å². The third kappa shape index (κ3) is 6.61. The molecule has 0 fully saturated rings. The van der Waals surface area contributed by atoms with E-state index < -0.39 is 0 Å². The fourth-order valence-corrected chi connectivity index (χ4v) is 2.33. The first-order valence-corrected chi connectivity index (χ1v) is 7.45. The first-order chi connectivity index (χ1) is 9.93. The molecule has 1 amide bonds. The van der Waals surface area contributed by atoms with Gasteiger partial charge in [0, 0.05) is 25.8 Å². The molecule has 1 heterocycles. The molecule has 118 valence electrons. The normalized spacial score (nSPS) is 11.0. The molecule has 0 aromatic carbocycles. The fraction of sp³-hybridized carbons (Fsp3) is 0.571. The Bertz CT molecular complexity index is 449. The van der Waals surface area contributed by atoms with Gasteiger partial charge in [-0.25, -0.2) is 4.98 Å². The zero-order valence-electron chi connectivity index (χ0n) is 12.6. The van der Waals surface area contributed by atoms with Crippen molar-refractivity contribution in [1.82, 2.24) is 14.8 Å². The number of methoxy groups -OCH3 is 1. The van der Waals surface area contributed by atoms with Gasteiger partial charge in [0.05, 0.1) is 6.61 Å². The number of carbonyl (C=O) groups is 1. The van der Waals surface area contributed by atoms with Crippen LogP contribution in [0.3, 0.4) is 0 Å². The van der Waals surface area contributed by atoms with Crippen LogP contribution >= 0.6 is 23.2 Å². The molecule has 0 aliphatic rings. The van der Waals surface area contributed by atoms with Crippen molar-refractivity contribution < 1.29 is 9.53 Å². The van der Waals surface area contributed by atoms with Crippen molar-refractivity contribution in [2.75, 3.05) is 47.4 Å². The summed E-state index contributed by atoms with van der Waals surface area (Å²) in [6.45, 7) is 2.58. The Morgan fingerprint density at radius 3 is 2.33 bits per heavy atom. The van der Waals surface area contributed by atoms with Crippen molar-refractivity contribution >= 4 is 29.1 Å². The Balaban J connectivity index is 2.77. The van der Waals surface area contributed by atoms with Crippen LogP contribution in [0.2, 0.25) is 10.3 Å². The van der Waals surface area contributed by atoms with Crippen LogP contribution < -0.4 is 0 Å². The van der Waals surface area contributed by atoms with E-state index in [0.29, 0.717) is 25.3 Å². The standard InChI is InChI=1S/C14H21Cl2N3O2/c1-18(2)5-4-6-19(7-8-21-3)14(20)11-9-12(15)17-13(16)10-11/h9-10H,4-8H2,1-3H3. The maximum Gasteiger partial charge on any atom is 0.254 e. The van der Waals surface area contributed by atoms with E-state index in [2.05, 4.69) is 9.88 Å². The van der Waals surface area contributed by atoms with E-state index in [1.54, 1.807) is 12.0 Å². The summed E-state index contributed by atoms with van der Waals surface area (Å²) in [7, 11) is 5.62. The van der Waals surface area contributed by atoms with E-state index in [1.165, 1.54) is 12.1 Å². The first-order valence-electron chi connectivity index (χ1n) is 6.70. The molecular formula is C14H21Cl2N3O2. The number of hydrogen-bond acceptors (Lipinski definition) is 4. The van der Waals surface area contributed by atoms with Gasteiger partial charge in [0.2, 0.25) is 0 Å². The lowest BCUT2D eigenvalue weighted by Gasteiger charge is -2.23. The maximum absolute atomic E-state index is 12.5. The Morgan fingerprint density at radius 2 is 1.81 bits per heavy atom. The number of pyridine rings is 1. The van der Waals surface area contributed by atoms with Gasteiger partial charge in [-0.2, -0.15) is 0 Å². The van der Waals surface area contributed by atoms with Gasteiger partial charge < -0.3 is 14.5 Å². The predicted octanol–water partition coefficient (Wildman–Crippen LogP) is 2.43. The number of aromatic nitrogens is 1. The van der Waals surface area contributed by atoms with Crippen molar-refractivity contribution in [1.29, 1.82) is 0 Å². The summed E-state index contributed by atoms with van der Waals surface area (Å²) in [6.07, 6.45) is 0.884. The van der Waals surface area contributed by atoms with Crippen LogP contribution in [0.1, 0.15) is 16.8 Å². The summed E-state index contributed by atoms with van der Waals surface area (Å²) >= 11 is 11.7. The summed E-state index contributed by atoms with van der Waals surface area (Å²) in [5.41, 5.74) is 0.445. The van der Waals surface area contributed by atoms with Crippen molar-refractivity contribution in [2.45, 2.75) is 6.42 Å². The van der Waals surface area contributed by atoms with E-state index in [1.807, 2.05) is 14.1 Å². The van der Waals surface area contributed by atoms with Crippen LogP contribution in [0.25, 0.3) is 0 Å². The highest BCUT2D eigenvalue weighted by atomic mass is 35.5. The minimum atomic E-state index is -0.114. The van der Waals surface area contributed by atoms with Gasteiger partial charge in [0.1, 0.15) is 10.3 Å². The van der Waals surface area contributed by atoms with Crippen LogP contribution in [0.4, 0.5) is 0 Å². The van der Waals surface area contributed by atoms with E-state index in [-0.39, 0.29) is 16.2 Å². The maximum atomic E-state index is 12.5. The Hall–Kier alpha value is -0.880. The molecule has 21 heavy (non-hydrogen) atoms. The second-order valence-corrected chi connectivity index (χ2v) is 5.72. The Kier molecular flexibility index (Phi) is 7.96. The molecule has 0 bridgehead atoms. The van der Waals surface area contributed by atoms with E-state index >= 15 is 0 Å². The van der Waals surface area contributed by atoms with Crippen molar-refractivity contribution in [3.63, 3.8) is 0 Å². The number of rotatable bonds is 8. The van der Waals surface area contributed by atoms with Crippen molar-refractivity contribution in [2.24, 2.45) is 0 Å². The summed E-state index contributed by atoms with van der Waals surface area (Å²) in [6, 6.07) is 3.06. The summed E-state index contributed by atoms with van der Waals surface area (Å²) in [5.74, 6) is -0.114. The Morgan fingerprint density at radius 1 is 1.19 bits per heavy atom. The molecule has 0 N–H and O–H groups in total. The molecule has 1 aromatic heterocycles. The second-order valence-electron chi connectivity index (χ2n) is 4.94. The molecule has 7 heteroatoms. The molecule has 0 saturated carbocycles. The van der Waals surface area contributed by atoms with Gasteiger partial charge in [-0.3, -0.25) is 4.79 Å². The molecule has 0 unspecified atom stereocenters. The molecule has 1 aromatic rings. The molecule has 5 nitrogen and oxygen atoms in total. The number of carbonyl (C=O) groups excluding carboxylic acids is 1. The average Bonchev–Trinajstić information content (AvgIpc) is 2.40. The SMILES string of the molecule is COCCN(CCCN(C)C)C(=O)c1cc(Cl)nc(Cl)c1. The summed E-state index contributed by atoms with van der Waals surface area (Å²) in [5, 5.41) is 0.427. The monoisotopic (exact) mass is 333 g/mol. The largest absolute Gasteiger partial charge is 0.383 e. The van der Waals surface area contributed by atoms with Crippen molar-refractivity contribution in [3.8, 4) is 0 Å². The minimum Gasteiger partial charge on any atom is -0.383 e. The van der Waals surface area contributed by atoms with Gasteiger partial charge in [-0.05, 0) is 39.2 Å². The van der Waals surface area contributed by atoms with E-state index in [0.717, 1.165) is 13.0 Å². The zero-order valence-corrected chi connectivity index (χ0v) is 14.1. The smallest absolute Gasteiger partial charge is 0.254 e. The van der Waals surface area contributed by atoms with Gasteiger partial charge in [0.25, 0.3) is 5.91 Å². The van der Waals surface area contributed by atoms with E-state index in [4.69, 9.17) is 27.9 Å². The van der Waals surface area contributed by atoms with Crippen LogP contribution in [-0.2, 0) is 4.74 Å². The fourth-order valence-electron chi connectivity index (χ4n) is 1.87. The summed E-state index contributed by atoms with van der Waals surface area (Å²) < 4.78 is 5.06. The lowest BCUT2D eigenvalue weighted by molar-refractivity contribution is 0.0689. The molecule has 0 atom stereocenters. The van der Waals surface area contributed by atoms with Gasteiger partial charge in [-0.15, -0.1) is 0 Å². The minimum absolute atomic E-state index is 0.114. The zero-order chi connectivity index (χ0) is 15.8. The number of nitrogens with zero attached hydrogens (tertiary/aromatic N) is 3. The third-order valence-electron chi connectivity index (χ3n) is 2.90. The van der Waals surface area contributed by atoms with Gasteiger partial charge in [0.15, 0.2) is 0 Å². The average molecular weight is 334 g/mol. The topological polar surface area (TPSA) is 45.7 Å². The van der Waals surface area contributed by atoms with Crippen LogP contribution in [0.15, 0.2) is 12.1 Å². The second kappa shape index (κ2) is 9.20. The number of hydrogen-bond donors (Lipinski definition) is 0. The highest BCUT2D eigenvalue weighted by Gasteiger charge is 2.17. The third-order valence-corrected chi connectivity index (χ3v) is 3.28. The quantitative estimate of drug-likeness (QED) is 0.685. The predicted molar refractivity (Wildman–Crippen MR) is 85.2 cm³/mol. The highest BCUT2D eigenvalue weighted by Crippen LogP contribution is 2.16. The van der Waals surface area contributed by atoms with Crippen LogP contribution in [0, 0.1) is 0 Å². The van der Waals surface area contributed by atoms with Gasteiger partial charge in [-0.1, -0.05) is 23.2 Å². The van der Waals surface area contributed by atoms with Gasteiger partial charge >= 0.3 is 0 Å². The molecule has 0 aliphatic carbocycles. The number of halogens is 2.